The van der Waals surface area contributed by atoms with Crippen molar-refractivity contribution in [2.24, 2.45) is 5.92 Å². The van der Waals surface area contributed by atoms with Crippen LogP contribution in [-0.4, -0.2) is 42.0 Å². The molecule has 92 valence electrons. The third-order valence-electron chi connectivity index (χ3n) is 2.87. The second kappa shape index (κ2) is 5.27. The van der Waals surface area contributed by atoms with Crippen molar-refractivity contribution in [3.8, 4) is 0 Å². The van der Waals surface area contributed by atoms with Crippen molar-refractivity contribution >= 4 is 11.8 Å². The highest BCUT2D eigenvalue weighted by Gasteiger charge is 2.35. The Morgan fingerprint density at radius 3 is 2.62 bits per heavy atom. The van der Waals surface area contributed by atoms with Gasteiger partial charge in [-0.25, -0.2) is 4.39 Å². The highest BCUT2D eigenvalue weighted by Crippen LogP contribution is 2.15. The molecule has 1 heterocycles. The van der Waals surface area contributed by atoms with Gasteiger partial charge in [-0.05, 0) is 12.8 Å². The van der Waals surface area contributed by atoms with Gasteiger partial charge in [0.05, 0.1) is 0 Å². The Balaban J connectivity index is 2.90. The fourth-order valence-electron chi connectivity index (χ4n) is 1.94. The molecule has 1 aliphatic rings. The Hall–Kier alpha value is -1.13. The van der Waals surface area contributed by atoms with E-state index in [9.17, 15) is 14.0 Å². The van der Waals surface area contributed by atoms with E-state index < -0.39 is 12.7 Å². The van der Waals surface area contributed by atoms with E-state index in [1.807, 2.05) is 13.8 Å². The van der Waals surface area contributed by atoms with Crippen molar-refractivity contribution in [3.63, 3.8) is 0 Å². The maximum absolute atomic E-state index is 12.4. The first-order valence-electron chi connectivity index (χ1n) is 5.63. The summed E-state index contributed by atoms with van der Waals surface area (Å²) in [6.07, 6.45) is 0.245. The monoisotopic (exact) mass is 230 g/mol. The summed E-state index contributed by atoms with van der Waals surface area (Å²) in [5.74, 6) is -0.296. The molecule has 4 nitrogen and oxygen atoms in total. The van der Waals surface area contributed by atoms with E-state index in [1.165, 1.54) is 4.90 Å². The summed E-state index contributed by atoms with van der Waals surface area (Å²) in [6.45, 7) is 5.00. The standard InChI is InChI=1S/C11H19FN2O2/c1-7(2)10-11(16)14(5-4-12)8(3)6-9(15)13-10/h7-8,10H,4-6H2,1-3H3,(H,13,15). The first kappa shape index (κ1) is 12.9. The quantitative estimate of drug-likeness (QED) is 0.776. The average molecular weight is 230 g/mol. The largest absolute Gasteiger partial charge is 0.344 e. The molecule has 0 aromatic heterocycles. The predicted molar refractivity (Wildman–Crippen MR) is 58.5 cm³/mol. The molecular formula is C11H19FN2O2. The molecule has 0 saturated carbocycles. The zero-order valence-electron chi connectivity index (χ0n) is 10.00. The number of carbonyl (C=O) groups is 2. The number of amides is 2. The smallest absolute Gasteiger partial charge is 0.245 e. The van der Waals surface area contributed by atoms with E-state index in [0.29, 0.717) is 0 Å². The number of nitrogens with one attached hydrogen (secondary N) is 1. The van der Waals surface area contributed by atoms with E-state index in [2.05, 4.69) is 5.32 Å². The van der Waals surface area contributed by atoms with E-state index in [4.69, 9.17) is 0 Å². The number of halogens is 1. The summed E-state index contributed by atoms with van der Waals surface area (Å²) in [4.78, 5) is 25.1. The van der Waals surface area contributed by atoms with Crippen molar-refractivity contribution in [2.75, 3.05) is 13.2 Å². The number of rotatable bonds is 3. The molecule has 1 fully saturated rings. The van der Waals surface area contributed by atoms with Gasteiger partial charge in [-0.15, -0.1) is 0 Å². The molecule has 1 aliphatic heterocycles. The van der Waals surface area contributed by atoms with E-state index in [0.717, 1.165) is 0 Å². The van der Waals surface area contributed by atoms with Gasteiger partial charge in [0.25, 0.3) is 0 Å². The topological polar surface area (TPSA) is 49.4 Å². The van der Waals surface area contributed by atoms with Gasteiger partial charge < -0.3 is 10.2 Å². The molecule has 0 aliphatic carbocycles. The molecule has 5 heteroatoms. The van der Waals surface area contributed by atoms with Crippen LogP contribution in [0.25, 0.3) is 0 Å². The van der Waals surface area contributed by atoms with Gasteiger partial charge in [-0.3, -0.25) is 9.59 Å². The Kier molecular flexibility index (Phi) is 4.26. The summed E-state index contributed by atoms with van der Waals surface area (Å²) >= 11 is 0. The molecule has 0 aromatic rings. The SMILES string of the molecule is CC(C)C1NC(=O)CC(C)N(CCF)C1=O. The van der Waals surface area contributed by atoms with Crippen molar-refractivity contribution in [1.82, 2.24) is 10.2 Å². The second-order valence-electron chi connectivity index (χ2n) is 4.56. The minimum absolute atomic E-state index is 0.0175. The maximum atomic E-state index is 12.4. The zero-order chi connectivity index (χ0) is 12.3. The molecule has 1 N–H and O–H groups in total. The van der Waals surface area contributed by atoms with Crippen LogP contribution in [0.3, 0.4) is 0 Å². The molecule has 1 rings (SSSR count). The third-order valence-corrected chi connectivity index (χ3v) is 2.87. The summed E-state index contributed by atoms with van der Waals surface area (Å²) in [5.41, 5.74) is 0. The molecule has 0 bridgehead atoms. The van der Waals surface area contributed by atoms with E-state index in [1.54, 1.807) is 6.92 Å². The van der Waals surface area contributed by atoms with E-state index in [-0.39, 0.29) is 36.7 Å². The van der Waals surface area contributed by atoms with Crippen LogP contribution in [0, 0.1) is 5.92 Å². The molecule has 16 heavy (non-hydrogen) atoms. The first-order chi connectivity index (χ1) is 7.47. The summed E-state index contributed by atoms with van der Waals surface area (Å²) in [6, 6.07) is -0.754. The highest BCUT2D eigenvalue weighted by molar-refractivity contribution is 5.90. The van der Waals surface area contributed by atoms with Gasteiger partial charge in [-0.1, -0.05) is 13.8 Å². The third kappa shape index (κ3) is 2.71. The second-order valence-corrected chi connectivity index (χ2v) is 4.56. The average Bonchev–Trinajstić information content (AvgIpc) is 2.29. The molecule has 0 spiro atoms. The highest BCUT2D eigenvalue weighted by atomic mass is 19.1. The number of hydrogen-bond acceptors (Lipinski definition) is 2. The predicted octanol–water partition coefficient (Wildman–Crippen LogP) is 0.717. The van der Waals surface area contributed by atoms with Crippen LogP contribution < -0.4 is 5.32 Å². The maximum Gasteiger partial charge on any atom is 0.245 e. The Morgan fingerprint density at radius 2 is 2.12 bits per heavy atom. The lowest BCUT2D eigenvalue weighted by Gasteiger charge is -2.28. The molecule has 2 amide bonds. The Labute approximate surface area is 95.2 Å². The van der Waals surface area contributed by atoms with Crippen LogP contribution in [0.2, 0.25) is 0 Å². The van der Waals surface area contributed by atoms with Crippen LogP contribution in [0.15, 0.2) is 0 Å². The lowest BCUT2D eigenvalue weighted by atomic mass is 10.0. The normalized spacial score (nSPS) is 26.9. The van der Waals surface area contributed by atoms with Gasteiger partial charge in [0.2, 0.25) is 11.8 Å². The molecule has 1 saturated heterocycles. The number of alkyl halides is 1. The van der Waals surface area contributed by atoms with Gasteiger partial charge in [0.1, 0.15) is 12.7 Å². The fraction of sp³-hybridized carbons (Fsp3) is 0.818. The summed E-state index contributed by atoms with van der Waals surface area (Å²) in [5, 5.41) is 2.69. The van der Waals surface area contributed by atoms with Crippen LogP contribution >= 0.6 is 0 Å². The minimum atomic E-state index is -0.574. The Morgan fingerprint density at radius 1 is 1.50 bits per heavy atom. The molecule has 0 aromatic carbocycles. The van der Waals surface area contributed by atoms with Crippen molar-refractivity contribution in [1.29, 1.82) is 0 Å². The van der Waals surface area contributed by atoms with Gasteiger partial charge >= 0.3 is 0 Å². The van der Waals surface area contributed by atoms with Gasteiger partial charge in [0.15, 0.2) is 0 Å². The Bertz CT molecular complexity index is 281. The summed E-state index contributed by atoms with van der Waals surface area (Å²) in [7, 11) is 0. The number of carbonyl (C=O) groups excluding carboxylic acids is 2. The molecule has 2 unspecified atom stereocenters. The zero-order valence-corrected chi connectivity index (χ0v) is 10.00. The van der Waals surface area contributed by atoms with Crippen LogP contribution in [0.5, 0.6) is 0 Å². The fourth-order valence-corrected chi connectivity index (χ4v) is 1.94. The number of nitrogens with zero attached hydrogens (tertiary/aromatic N) is 1. The van der Waals surface area contributed by atoms with E-state index >= 15 is 0 Å². The molecular weight excluding hydrogens is 211 g/mol. The molecule has 2 atom stereocenters. The first-order valence-corrected chi connectivity index (χ1v) is 5.63. The van der Waals surface area contributed by atoms with Crippen LogP contribution in [0.4, 0.5) is 4.39 Å². The minimum Gasteiger partial charge on any atom is -0.344 e. The van der Waals surface area contributed by atoms with Crippen LogP contribution in [0.1, 0.15) is 27.2 Å². The number of hydrogen-bond donors (Lipinski definition) is 1. The van der Waals surface area contributed by atoms with Crippen molar-refractivity contribution < 1.29 is 14.0 Å². The lowest BCUT2D eigenvalue weighted by molar-refractivity contribution is -0.136. The van der Waals surface area contributed by atoms with Crippen molar-refractivity contribution in [3.05, 3.63) is 0 Å². The molecule has 0 radical (unpaired) electrons. The lowest BCUT2D eigenvalue weighted by Crippen LogP contribution is -2.49. The summed E-state index contributed by atoms with van der Waals surface area (Å²) < 4.78 is 12.4. The van der Waals surface area contributed by atoms with Crippen molar-refractivity contribution in [2.45, 2.75) is 39.3 Å². The van der Waals surface area contributed by atoms with Crippen LogP contribution in [-0.2, 0) is 9.59 Å². The van der Waals surface area contributed by atoms with Gasteiger partial charge in [-0.2, -0.15) is 0 Å². The van der Waals surface area contributed by atoms with Gasteiger partial charge in [0, 0.05) is 19.0 Å².